The minimum Gasteiger partial charge on any atom is -0.452 e. The van der Waals surface area contributed by atoms with Crippen molar-refractivity contribution in [3.8, 4) is 6.07 Å². The summed E-state index contributed by atoms with van der Waals surface area (Å²) in [5.41, 5.74) is 1.14. The number of carbonyl (C=O) groups is 3. The molecule has 0 radical (unpaired) electrons. The van der Waals surface area contributed by atoms with Crippen molar-refractivity contribution in [2.45, 2.75) is 24.8 Å². The Labute approximate surface area is 173 Å². The molecule has 8 heteroatoms. The predicted octanol–water partition coefficient (Wildman–Crippen LogP) is 2.97. The lowest BCUT2D eigenvalue weighted by atomic mass is 10.2. The van der Waals surface area contributed by atoms with Crippen LogP contribution in [0.2, 0.25) is 0 Å². The average Bonchev–Trinajstić information content (AvgIpc) is 2.70. The average molecular weight is 411 g/mol. The Hall–Kier alpha value is -3.31. The molecular formula is C21H21N3O4S. The molecule has 0 aliphatic rings. The highest BCUT2D eigenvalue weighted by atomic mass is 32.2. The van der Waals surface area contributed by atoms with Gasteiger partial charge in [-0.1, -0.05) is 18.2 Å². The lowest BCUT2D eigenvalue weighted by Crippen LogP contribution is -2.31. The zero-order chi connectivity index (χ0) is 21.2. The standard InChI is InChI=1S/C21H21N3O4S/c1-14(2)23-20(26)13-29-18-9-4-3-8-17(18)21(27)28-12-19(25)24-16-7-5-6-15(10-16)11-22/h3-10,14H,12-13H2,1-2H3,(H,23,26)(H,24,25). The summed E-state index contributed by atoms with van der Waals surface area (Å²) in [6, 6.07) is 15.2. The maximum absolute atomic E-state index is 12.4. The molecule has 2 rings (SSSR count). The van der Waals surface area contributed by atoms with Crippen molar-refractivity contribution in [3.63, 3.8) is 0 Å². The van der Waals surface area contributed by atoms with E-state index < -0.39 is 18.5 Å². The van der Waals surface area contributed by atoms with Gasteiger partial charge in [-0.3, -0.25) is 9.59 Å². The first-order valence-electron chi connectivity index (χ1n) is 8.87. The van der Waals surface area contributed by atoms with Crippen LogP contribution in [0.3, 0.4) is 0 Å². The number of nitrogens with one attached hydrogen (secondary N) is 2. The number of thioether (sulfide) groups is 1. The van der Waals surface area contributed by atoms with Crippen LogP contribution in [-0.2, 0) is 14.3 Å². The van der Waals surface area contributed by atoms with Crippen LogP contribution < -0.4 is 10.6 Å². The van der Waals surface area contributed by atoms with Gasteiger partial charge < -0.3 is 15.4 Å². The van der Waals surface area contributed by atoms with Crippen LogP contribution in [0.1, 0.15) is 29.8 Å². The molecule has 2 aromatic carbocycles. The molecule has 150 valence electrons. The summed E-state index contributed by atoms with van der Waals surface area (Å²) < 4.78 is 5.10. The van der Waals surface area contributed by atoms with E-state index in [0.29, 0.717) is 16.1 Å². The molecule has 2 amide bonds. The van der Waals surface area contributed by atoms with Crippen LogP contribution in [0.15, 0.2) is 53.4 Å². The second-order valence-electron chi connectivity index (χ2n) is 6.32. The van der Waals surface area contributed by atoms with Crippen LogP contribution in [0.4, 0.5) is 5.69 Å². The van der Waals surface area contributed by atoms with Gasteiger partial charge in [-0.2, -0.15) is 5.26 Å². The fourth-order valence-corrected chi connectivity index (χ4v) is 3.19. The van der Waals surface area contributed by atoms with E-state index in [1.807, 2.05) is 19.9 Å². The van der Waals surface area contributed by atoms with E-state index >= 15 is 0 Å². The molecule has 0 heterocycles. The molecule has 29 heavy (non-hydrogen) atoms. The van der Waals surface area contributed by atoms with E-state index in [-0.39, 0.29) is 23.3 Å². The molecule has 2 N–H and O–H groups in total. The zero-order valence-electron chi connectivity index (χ0n) is 16.1. The third-order valence-electron chi connectivity index (χ3n) is 3.53. The maximum Gasteiger partial charge on any atom is 0.339 e. The number of rotatable bonds is 8. The van der Waals surface area contributed by atoms with Crippen LogP contribution in [0.5, 0.6) is 0 Å². The largest absolute Gasteiger partial charge is 0.452 e. The van der Waals surface area contributed by atoms with Gasteiger partial charge in [-0.05, 0) is 44.2 Å². The highest BCUT2D eigenvalue weighted by Crippen LogP contribution is 2.23. The Bertz CT molecular complexity index is 938. The molecule has 0 fully saturated rings. The third kappa shape index (κ3) is 7.31. The summed E-state index contributed by atoms with van der Waals surface area (Å²) in [5, 5.41) is 14.2. The van der Waals surface area contributed by atoms with Crippen molar-refractivity contribution in [2.24, 2.45) is 0 Å². The number of amides is 2. The predicted molar refractivity (Wildman–Crippen MR) is 111 cm³/mol. The van der Waals surface area contributed by atoms with E-state index in [2.05, 4.69) is 10.6 Å². The molecule has 0 aliphatic carbocycles. The van der Waals surface area contributed by atoms with E-state index in [9.17, 15) is 14.4 Å². The first-order valence-corrected chi connectivity index (χ1v) is 9.86. The quantitative estimate of drug-likeness (QED) is 0.511. The van der Waals surface area contributed by atoms with E-state index in [1.165, 1.54) is 17.8 Å². The summed E-state index contributed by atoms with van der Waals surface area (Å²) in [4.78, 5) is 36.8. The second kappa shape index (κ2) is 10.9. The van der Waals surface area contributed by atoms with Crippen LogP contribution in [0, 0.1) is 11.3 Å². The van der Waals surface area contributed by atoms with Crippen molar-refractivity contribution in [2.75, 3.05) is 17.7 Å². The number of anilines is 1. The number of benzene rings is 2. The highest BCUT2D eigenvalue weighted by Gasteiger charge is 2.16. The Morgan fingerprint density at radius 2 is 1.86 bits per heavy atom. The maximum atomic E-state index is 12.4. The summed E-state index contributed by atoms with van der Waals surface area (Å²) >= 11 is 1.22. The number of ether oxygens (including phenoxy) is 1. The van der Waals surface area contributed by atoms with Gasteiger partial charge in [-0.25, -0.2) is 4.79 Å². The molecule has 0 atom stereocenters. The Morgan fingerprint density at radius 3 is 2.59 bits per heavy atom. The molecular weight excluding hydrogens is 390 g/mol. The number of nitriles is 1. The van der Waals surface area contributed by atoms with Crippen molar-refractivity contribution in [1.82, 2.24) is 5.32 Å². The minimum atomic E-state index is -0.654. The number of esters is 1. The van der Waals surface area contributed by atoms with Gasteiger partial charge in [-0.15, -0.1) is 11.8 Å². The van der Waals surface area contributed by atoms with Crippen molar-refractivity contribution in [3.05, 3.63) is 59.7 Å². The van der Waals surface area contributed by atoms with E-state index in [4.69, 9.17) is 10.00 Å². The Morgan fingerprint density at radius 1 is 1.10 bits per heavy atom. The van der Waals surface area contributed by atoms with Gasteiger partial charge in [0.1, 0.15) is 0 Å². The van der Waals surface area contributed by atoms with E-state index in [1.54, 1.807) is 42.5 Å². The third-order valence-corrected chi connectivity index (χ3v) is 4.60. The monoisotopic (exact) mass is 411 g/mol. The molecule has 0 spiro atoms. The lowest BCUT2D eigenvalue weighted by Gasteiger charge is -2.11. The highest BCUT2D eigenvalue weighted by molar-refractivity contribution is 8.00. The fraction of sp³-hybridized carbons (Fsp3) is 0.238. The first kappa shape index (κ1) is 22.0. The molecule has 0 saturated carbocycles. The Balaban J connectivity index is 1.92. The number of hydrogen-bond acceptors (Lipinski definition) is 6. The van der Waals surface area contributed by atoms with Gasteiger partial charge in [0.25, 0.3) is 5.91 Å². The summed E-state index contributed by atoms with van der Waals surface area (Å²) in [6.45, 7) is 3.27. The van der Waals surface area contributed by atoms with Gasteiger partial charge >= 0.3 is 5.97 Å². The second-order valence-corrected chi connectivity index (χ2v) is 7.34. The van der Waals surface area contributed by atoms with Gasteiger partial charge in [0.05, 0.1) is 22.9 Å². The van der Waals surface area contributed by atoms with Gasteiger partial charge in [0, 0.05) is 16.6 Å². The topological polar surface area (TPSA) is 108 Å². The van der Waals surface area contributed by atoms with Crippen LogP contribution >= 0.6 is 11.8 Å². The zero-order valence-corrected chi connectivity index (χ0v) is 16.9. The molecule has 7 nitrogen and oxygen atoms in total. The summed E-state index contributed by atoms with van der Waals surface area (Å²) in [7, 11) is 0. The summed E-state index contributed by atoms with van der Waals surface area (Å²) in [6.07, 6.45) is 0. The van der Waals surface area contributed by atoms with Crippen LogP contribution in [-0.4, -0.2) is 36.2 Å². The molecule has 2 aromatic rings. The number of carbonyl (C=O) groups excluding carboxylic acids is 3. The van der Waals surface area contributed by atoms with Crippen LogP contribution in [0.25, 0.3) is 0 Å². The fourth-order valence-electron chi connectivity index (χ4n) is 2.34. The number of hydrogen-bond donors (Lipinski definition) is 2. The molecule has 0 bridgehead atoms. The molecule has 0 aromatic heterocycles. The normalized spacial score (nSPS) is 10.1. The van der Waals surface area contributed by atoms with Crippen molar-refractivity contribution < 1.29 is 19.1 Å². The van der Waals surface area contributed by atoms with Crippen molar-refractivity contribution >= 4 is 35.2 Å². The summed E-state index contributed by atoms with van der Waals surface area (Å²) in [5.74, 6) is -1.14. The van der Waals surface area contributed by atoms with E-state index in [0.717, 1.165) is 0 Å². The SMILES string of the molecule is CC(C)NC(=O)CSc1ccccc1C(=O)OCC(=O)Nc1cccc(C#N)c1. The first-order chi connectivity index (χ1) is 13.9. The lowest BCUT2D eigenvalue weighted by molar-refractivity contribution is -0.119. The van der Waals surface area contributed by atoms with Gasteiger partial charge in [0.15, 0.2) is 6.61 Å². The molecule has 0 unspecified atom stereocenters. The molecule has 0 aliphatic heterocycles. The van der Waals surface area contributed by atoms with Gasteiger partial charge in [0.2, 0.25) is 5.91 Å². The number of nitrogens with zero attached hydrogens (tertiary/aromatic N) is 1. The van der Waals surface area contributed by atoms with Crippen molar-refractivity contribution in [1.29, 1.82) is 5.26 Å². The molecule has 0 saturated heterocycles. The Kier molecular flexibility index (Phi) is 8.25. The smallest absolute Gasteiger partial charge is 0.339 e. The minimum absolute atomic E-state index is 0.0377.